The van der Waals surface area contributed by atoms with Gasteiger partial charge >= 0.3 is 0 Å². The number of hydrogen-bond donors (Lipinski definition) is 1. The first-order valence-electron chi connectivity index (χ1n) is 4.28. The first kappa shape index (κ1) is 8.68. The van der Waals surface area contributed by atoms with E-state index >= 15 is 0 Å². The summed E-state index contributed by atoms with van der Waals surface area (Å²) in [6.07, 6.45) is 5.02. The Morgan fingerprint density at radius 1 is 1.64 bits per heavy atom. The second-order valence-corrected chi connectivity index (χ2v) is 2.90. The van der Waals surface area contributed by atoms with Crippen LogP contribution in [0.25, 0.3) is 5.78 Å². The van der Waals surface area contributed by atoms with Crippen LogP contribution in [0.1, 0.15) is 12.6 Å². The Labute approximate surface area is 80.1 Å². The van der Waals surface area contributed by atoms with Gasteiger partial charge in [0.2, 0.25) is 5.78 Å². The van der Waals surface area contributed by atoms with Crippen LogP contribution in [0, 0.1) is 6.92 Å². The van der Waals surface area contributed by atoms with Gasteiger partial charge in [-0.15, -0.1) is 0 Å². The van der Waals surface area contributed by atoms with Crippen LogP contribution in [0.15, 0.2) is 22.2 Å². The molecule has 0 fully saturated rings. The Morgan fingerprint density at radius 2 is 2.43 bits per heavy atom. The highest BCUT2D eigenvalue weighted by Crippen LogP contribution is 2.12. The average molecular weight is 190 g/mol. The number of fused-ring (bicyclic) bond motifs is 1. The minimum absolute atomic E-state index is 0.209. The van der Waals surface area contributed by atoms with Crippen LogP contribution in [0.3, 0.4) is 0 Å². The first-order valence-corrected chi connectivity index (χ1v) is 4.28. The molecule has 2 aromatic heterocycles. The molecule has 5 nitrogen and oxygen atoms in total. The van der Waals surface area contributed by atoms with Crippen molar-refractivity contribution in [3.63, 3.8) is 0 Å². The quantitative estimate of drug-likeness (QED) is 0.683. The van der Waals surface area contributed by atoms with Gasteiger partial charge in [-0.1, -0.05) is 0 Å². The minimum Gasteiger partial charge on any atom is -0.290 e. The number of aromatic nitrogens is 3. The van der Waals surface area contributed by atoms with Gasteiger partial charge < -0.3 is 0 Å². The standard InChI is InChI=1S/C9H10N4O/c1-3-10-7-6(2)13-5-4-11-9(13)12-8(7)14/h3-5H,1-2H3,(H,11,12,14). The molecule has 0 bridgehead atoms. The summed E-state index contributed by atoms with van der Waals surface area (Å²) in [5.74, 6) is 0.544. The van der Waals surface area contributed by atoms with Crippen LogP contribution in [0.4, 0.5) is 5.69 Å². The fraction of sp³-hybridized carbons (Fsp3) is 0.222. The summed E-state index contributed by atoms with van der Waals surface area (Å²) in [7, 11) is 0. The average Bonchev–Trinajstić information content (AvgIpc) is 2.60. The minimum atomic E-state index is -0.209. The predicted octanol–water partition coefficient (Wildman–Crippen LogP) is 1.05. The second-order valence-electron chi connectivity index (χ2n) is 2.90. The maximum atomic E-state index is 11.5. The Kier molecular flexibility index (Phi) is 1.92. The van der Waals surface area contributed by atoms with Crippen molar-refractivity contribution in [2.24, 2.45) is 4.99 Å². The van der Waals surface area contributed by atoms with Crippen molar-refractivity contribution in [3.05, 3.63) is 28.4 Å². The summed E-state index contributed by atoms with van der Waals surface area (Å²) in [5, 5.41) is 0. The molecule has 2 aromatic rings. The lowest BCUT2D eigenvalue weighted by Gasteiger charge is -2.01. The highest BCUT2D eigenvalue weighted by Gasteiger charge is 2.06. The van der Waals surface area contributed by atoms with Crippen LogP contribution >= 0.6 is 0 Å². The van der Waals surface area contributed by atoms with Crippen molar-refractivity contribution in [1.29, 1.82) is 0 Å². The maximum Gasteiger partial charge on any atom is 0.278 e. The van der Waals surface area contributed by atoms with Gasteiger partial charge in [0, 0.05) is 18.6 Å². The van der Waals surface area contributed by atoms with Gasteiger partial charge in [-0.05, 0) is 13.8 Å². The molecular formula is C9H10N4O. The topological polar surface area (TPSA) is 62.5 Å². The number of aryl methyl sites for hydroxylation is 1. The van der Waals surface area contributed by atoms with E-state index in [1.54, 1.807) is 29.9 Å². The maximum absolute atomic E-state index is 11.5. The zero-order valence-corrected chi connectivity index (χ0v) is 7.98. The van der Waals surface area contributed by atoms with Gasteiger partial charge in [0.1, 0.15) is 5.69 Å². The lowest BCUT2D eigenvalue weighted by Crippen LogP contribution is -2.11. The molecule has 0 spiro atoms. The third kappa shape index (κ3) is 1.14. The molecule has 0 aliphatic carbocycles. The van der Waals surface area contributed by atoms with Crippen LogP contribution in [-0.2, 0) is 0 Å². The molecule has 0 saturated carbocycles. The fourth-order valence-corrected chi connectivity index (χ4v) is 1.39. The van der Waals surface area contributed by atoms with E-state index in [9.17, 15) is 4.79 Å². The van der Waals surface area contributed by atoms with Crippen LogP contribution in [0.5, 0.6) is 0 Å². The monoisotopic (exact) mass is 190 g/mol. The van der Waals surface area contributed by atoms with E-state index in [2.05, 4.69) is 15.0 Å². The van der Waals surface area contributed by atoms with Gasteiger partial charge in [-0.2, -0.15) is 0 Å². The van der Waals surface area contributed by atoms with Crippen LogP contribution in [0.2, 0.25) is 0 Å². The lowest BCUT2D eigenvalue weighted by atomic mass is 10.3. The van der Waals surface area contributed by atoms with E-state index < -0.39 is 0 Å². The molecule has 0 aliphatic heterocycles. The van der Waals surface area contributed by atoms with Gasteiger partial charge in [-0.3, -0.25) is 19.2 Å². The Morgan fingerprint density at radius 3 is 3.14 bits per heavy atom. The smallest absolute Gasteiger partial charge is 0.278 e. The first-order chi connectivity index (χ1) is 6.74. The highest BCUT2D eigenvalue weighted by atomic mass is 16.1. The third-order valence-corrected chi connectivity index (χ3v) is 2.04. The number of aromatic amines is 1. The summed E-state index contributed by atoms with van der Waals surface area (Å²) in [4.78, 5) is 22.2. The molecule has 2 rings (SSSR count). The zero-order chi connectivity index (χ0) is 10.1. The molecule has 0 amide bonds. The largest absolute Gasteiger partial charge is 0.290 e. The Balaban J connectivity index is 2.89. The number of imidazole rings is 1. The van der Waals surface area contributed by atoms with Gasteiger partial charge in [0.15, 0.2) is 0 Å². The Bertz CT molecular complexity index is 549. The Hall–Kier alpha value is -1.91. The van der Waals surface area contributed by atoms with E-state index in [4.69, 9.17) is 0 Å². The molecule has 14 heavy (non-hydrogen) atoms. The van der Waals surface area contributed by atoms with Crippen molar-refractivity contribution in [2.75, 3.05) is 0 Å². The predicted molar refractivity (Wildman–Crippen MR) is 54.4 cm³/mol. The molecular weight excluding hydrogens is 180 g/mol. The summed E-state index contributed by atoms with van der Waals surface area (Å²) >= 11 is 0. The van der Waals surface area contributed by atoms with E-state index in [1.165, 1.54) is 0 Å². The van der Waals surface area contributed by atoms with Crippen LogP contribution < -0.4 is 5.56 Å². The van der Waals surface area contributed by atoms with Gasteiger partial charge in [0.05, 0.1) is 5.69 Å². The summed E-state index contributed by atoms with van der Waals surface area (Å²) in [6, 6.07) is 0. The number of nitrogens with zero attached hydrogens (tertiary/aromatic N) is 3. The van der Waals surface area contributed by atoms with Crippen molar-refractivity contribution >= 4 is 17.7 Å². The molecule has 0 saturated heterocycles. The van der Waals surface area contributed by atoms with Gasteiger partial charge in [-0.25, -0.2) is 4.98 Å². The number of hydrogen-bond acceptors (Lipinski definition) is 3. The molecule has 0 unspecified atom stereocenters. The molecule has 0 aliphatic rings. The SMILES string of the molecule is CC=Nc1c(C)n2ccnc2[nH]c1=O. The molecule has 2 heterocycles. The van der Waals surface area contributed by atoms with E-state index in [1.807, 2.05) is 6.92 Å². The number of aliphatic imine (C=N–C) groups is 1. The molecule has 5 heteroatoms. The number of rotatable bonds is 1. The summed E-state index contributed by atoms with van der Waals surface area (Å²) < 4.78 is 1.80. The number of nitrogens with one attached hydrogen (secondary N) is 1. The van der Waals surface area contributed by atoms with E-state index in [-0.39, 0.29) is 5.56 Å². The molecule has 0 atom stereocenters. The molecule has 72 valence electrons. The lowest BCUT2D eigenvalue weighted by molar-refractivity contribution is 1.01. The summed E-state index contributed by atoms with van der Waals surface area (Å²) in [5.41, 5.74) is 1.01. The van der Waals surface area contributed by atoms with Crippen molar-refractivity contribution < 1.29 is 0 Å². The zero-order valence-electron chi connectivity index (χ0n) is 7.98. The van der Waals surface area contributed by atoms with E-state index in [0.29, 0.717) is 11.5 Å². The van der Waals surface area contributed by atoms with Crippen molar-refractivity contribution in [2.45, 2.75) is 13.8 Å². The fourth-order valence-electron chi connectivity index (χ4n) is 1.39. The van der Waals surface area contributed by atoms with Crippen LogP contribution in [-0.4, -0.2) is 20.6 Å². The second kappa shape index (κ2) is 3.10. The molecule has 0 aromatic carbocycles. The highest BCUT2D eigenvalue weighted by molar-refractivity contribution is 5.61. The third-order valence-electron chi connectivity index (χ3n) is 2.04. The molecule has 1 N–H and O–H groups in total. The van der Waals surface area contributed by atoms with E-state index in [0.717, 1.165) is 5.69 Å². The van der Waals surface area contributed by atoms with Gasteiger partial charge in [0.25, 0.3) is 5.56 Å². The normalized spacial score (nSPS) is 11.6. The van der Waals surface area contributed by atoms with Crippen molar-refractivity contribution in [1.82, 2.24) is 14.4 Å². The molecule has 0 radical (unpaired) electrons. The van der Waals surface area contributed by atoms with Crippen molar-refractivity contribution in [3.8, 4) is 0 Å². The number of H-pyrrole nitrogens is 1. The summed E-state index contributed by atoms with van der Waals surface area (Å²) in [6.45, 7) is 3.61.